The SMILES string of the molecule is COCCc1ccc2c(c1)C(N)CC(C)(C)O2. The van der Waals surface area contributed by atoms with E-state index >= 15 is 0 Å². The Labute approximate surface area is 103 Å². The van der Waals surface area contributed by atoms with Gasteiger partial charge in [0.25, 0.3) is 0 Å². The fourth-order valence-electron chi connectivity index (χ4n) is 2.33. The molecule has 2 rings (SSSR count). The molecule has 1 heterocycles. The molecule has 1 aliphatic heterocycles. The van der Waals surface area contributed by atoms with Gasteiger partial charge in [-0.25, -0.2) is 0 Å². The molecule has 0 saturated heterocycles. The molecule has 0 bridgehead atoms. The molecule has 3 nitrogen and oxygen atoms in total. The van der Waals surface area contributed by atoms with Gasteiger partial charge in [-0.2, -0.15) is 0 Å². The number of benzene rings is 1. The summed E-state index contributed by atoms with van der Waals surface area (Å²) in [6, 6.07) is 6.33. The van der Waals surface area contributed by atoms with Crippen molar-refractivity contribution in [2.24, 2.45) is 5.73 Å². The van der Waals surface area contributed by atoms with Crippen molar-refractivity contribution in [1.82, 2.24) is 0 Å². The van der Waals surface area contributed by atoms with Crippen LogP contribution in [0.5, 0.6) is 5.75 Å². The molecule has 0 saturated carbocycles. The van der Waals surface area contributed by atoms with Crippen molar-refractivity contribution in [2.75, 3.05) is 13.7 Å². The molecule has 0 fully saturated rings. The lowest BCUT2D eigenvalue weighted by Gasteiger charge is -2.36. The van der Waals surface area contributed by atoms with Crippen LogP contribution in [-0.2, 0) is 11.2 Å². The van der Waals surface area contributed by atoms with Crippen molar-refractivity contribution >= 4 is 0 Å². The van der Waals surface area contributed by atoms with E-state index in [9.17, 15) is 0 Å². The minimum atomic E-state index is -0.166. The van der Waals surface area contributed by atoms with Crippen molar-refractivity contribution in [2.45, 2.75) is 38.3 Å². The zero-order chi connectivity index (χ0) is 12.5. The van der Waals surface area contributed by atoms with Crippen LogP contribution in [-0.4, -0.2) is 19.3 Å². The first-order chi connectivity index (χ1) is 8.02. The third-order valence-corrected chi connectivity index (χ3v) is 3.17. The van der Waals surface area contributed by atoms with Crippen LogP contribution in [0.3, 0.4) is 0 Å². The standard InChI is InChI=1S/C14H21NO2/c1-14(2)9-12(15)11-8-10(6-7-16-3)4-5-13(11)17-14/h4-5,8,12H,6-7,9,15H2,1-3H3. The Morgan fingerprint density at radius 2 is 2.24 bits per heavy atom. The summed E-state index contributed by atoms with van der Waals surface area (Å²) in [6.07, 6.45) is 1.77. The van der Waals surface area contributed by atoms with Crippen molar-refractivity contribution in [3.05, 3.63) is 29.3 Å². The Morgan fingerprint density at radius 1 is 1.47 bits per heavy atom. The molecule has 1 aliphatic rings. The predicted octanol–water partition coefficient (Wildman–Crippen LogP) is 2.44. The average molecular weight is 235 g/mol. The monoisotopic (exact) mass is 235 g/mol. The fourth-order valence-corrected chi connectivity index (χ4v) is 2.33. The highest BCUT2D eigenvalue weighted by Crippen LogP contribution is 2.38. The highest BCUT2D eigenvalue weighted by Gasteiger charge is 2.31. The Kier molecular flexibility index (Phi) is 3.40. The molecule has 17 heavy (non-hydrogen) atoms. The molecule has 0 spiro atoms. The second-order valence-electron chi connectivity index (χ2n) is 5.29. The lowest BCUT2D eigenvalue weighted by Crippen LogP contribution is -2.37. The number of methoxy groups -OCH3 is 1. The Bertz CT molecular complexity index is 401. The first kappa shape index (κ1) is 12.4. The molecule has 2 N–H and O–H groups in total. The lowest BCUT2D eigenvalue weighted by molar-refractivity contribution is 0.0728. The van der Waals surface area contributed by atoms with Gasteiger partial charge in [-0.3, -0.25) is 0 Å². The highest BCUT2D eigenvalue weighted by molar-refractivity contribution is 5.41. The van der Waals surface area contributed by atoms with Gasteiger partial charge < -0.3 is 15.2 Å². The summed E-state index contributed by atoms with van der Waals surface area (Å²) in [5.41, 5.74) is 8.42. The maximum absolute atomic E-state index is 6.21. The van der Waals surface area contributed by atoms with E-state index in [1.165, 1.54) is 5.56 Å². The first-order valence-electron chi connectivity index (χ1n) is 6.08. The molecule has 0 aromatic heterocycles. The molecule has 0 amide bonds. The van der Waals surface area contributed by atoms with Crippen LogP contribution in [0.1, 0.15) is 37.4 Å². The van der Waals surface area contributed by atoms with Gasteiger partial charge in [0.15, 0.2) is 0 Å². The minimum Gasteiger partial charge on any atom is -0.487 e. The number of fused-ring (bicyclic) bond motifs is 1. The molecule has 1 atom stereocenters. The van der Waals surface area contributed by atoms with Gasteiger partial charge in [0.1, 0.15) is 11.4 Å². The second-order valence-corrected chi connectivity index (χ2v) is 5.29. The van der Waals surface area contributed by atoms with E-state index < -0.39 is 0 Å². The van der Waals surface area contributed by atoms with Crippen molar-refractivity contribution < 1.29 is 9.47 Å². The third kappa shape index (κ3) is 2.79. The van der Waals surface area contributed by atoms with Gasteiger partial charge in [-0.15, -0.1) is 0 Å². The summed E-state index contributed by atoms with van der Waals surface area (Å²) in [7, 11) is 1.72. The largest absolute Gasteiger partial charge is 0.487 e. The zero-order valence-corrected chi connectivity index (χ0v) is 10.8. The average Bonchev–Trinajstić information content (AvgIpc) is 2.25. The Morgan fingerprint density at radius 3 is 2.94 bits per heavy atom. The zero-order valence-electron chi connectivity index (χ0n) is 10.8. The van der Waals surface area contributed by atoms with Crippen molar-refractivity contribution in [3.8, 4) is 5.75 Å². The van der Waals surface area contributed by atoms with E-state index in [2.05, 4.69) is 26.0 Å². The summed E-state index contributed by atoms with van der Waals surface area (Å²) in [6.45, 7) is 4.89. The fraction of sp³-hybridized carbons (Fsp3) is 0.571. The molecular weight excluding hydrogens is 214 g/mol. The summed E-state index contributed by atoms with van der Waals surface area (Å²) >= 11 is 0. The maximum Gasteiger partial charge on any atom is 0.124 e. The normalized spacial score (nSPS) is 21.8. The molecule has 0 aliphatic carbocycles. The molecule has 3 heteroatoms. The second kappa shape index (κ2) is 4.67. The van der Waals surface area contributed by atoms with E-state index in [4.69, 9.17) is 15.2 Å². The minimum absolute atomic E-state index is 0.0660. The topological polar surface area (TPSA) is 44.5 Å². The van der Waals surface area contributed by atoms with Crippen LogP contribution >= 0.6 is 0 Å². The van der Waals surface area contributed by atoms with Crippen LogP contribution in [0.15, 0.2) is 18.2 Å². The summed E-state index contributed by atoms with van der Waals surface area (Å²) in [5.74, 6) is 0.926. The van der Waals surface area contributed by atoms with Crippen LogP contribution in [0.4, 0.5) is 0 Å². The Balaban J connectivity index is 2.24. The van der Waals surface area contributed by atoms with Gasteiger partial charge in [0, 0.05) is 25.1 Å². The smallest absolute Gasteiger partial charge is 0.124 e. The van der Waals surface area contributed by atoms with E-state index in [1.54, 1.807) is 7.11 Å². The third-order valence-electron chi connectivity index (χ3n) is 3.17. The van der Waals surface area contributed by atoms with Crippen LogP contribution in [0.2, 0.25) is 0 Å². The van der Waals surface area contributed by atoms with Gasteiger partial charge in [-0.1, -0.05) is 12.1 Å². The van der Waals surface area contributed by atoms with Crippen molar-refractivity contribution in [3.63, 3.8) is 0 Å². The van der Waals surface area contributed by atoms with Gasteiger partial charge in [0.2, 0.25) is 0 Å². The van der Waals surface area contributed by atoms with E-state index in [-0.39, 0.29) is 11.6 Å². The summed E-state index contributed by atoms with van der Waals surface area (Å²) in [4.78, 5) is 0. The number of hydrogen-bond acceptors (Lipinski definition) is 3. The van der Waals surface area contributed by atoms with Crippen molar-refractivity contribution in [1.29, 1.82) is 0 Å². The highest BCUT2D eigenvalue weighted by atomic mass is 16.5. The first-order valence-corrected chi connectivity index (χ1v) is 6.08. The predicted molar refractivity (Wildman–Crippen MR) is 68.3 cm³/mol. The molecule has 1 aromatic carbocycles. The number of ether oxygens (including phenoxy) is 2. The summed E-state index contributed by atoms with van der Waals surface area (Å²) < 4.78 is 11.0. The van der Waals surface area contributed by atoms with Gasteiger partial charge in [-0.05, 0) is 31.9 Å². The molecular formula is C14H21NO2. The van der Waals surface area contributed by atoms with Crippen LogP contribution in [0.25, 0.3) is 0 Å². The summed E-state index contributed by atoms with van der Waals surface area (Å²) in [5, 5.41) is 0. The number of rotatable bonds is 3. The molecule has 1 aromatic rings. The maximum atomic E-state index is 6.21. The van der Waals surface area contributed by atoms with Gasteiger partial charge >= 0.3 is 0 Å². The Hall–Kier alpha value is -1.06. The molecule has 1 unspecified atom stereocenters. The lowest BCUT2D eigenvalue weighted by atomic mass is 9.89. The van der Waals surface area contributed by atoms with Gasteiger partial charge in [0.05, 0.1) is 6.61 Å². The quantitative estimate of drug-likeness (QED) is 0.875. The molecule has 0 radical (unpaired) electrons. The number of nitrogens with two attached hydrogens (primary N) is 1. The molecule has 94 valence electrons. The van der Waals surface area contributed by atoms with Crippen LogP contribution < -0.4 is 10.5 Å². The van der Waals surface area contributed by atoms with E-state index in [0.29, 0.717) is 0 Å². The van der Waals surface area contributed by atoms with E-state index in [1.807, 2.05) is 6.07 Å². The van der Waals surface area contributed by atoms with Crippen LogP contribution in [0, 0.1) is 0 Å². The van der Waals surface area contributed by atoms with E-state index in [0.717, 1.165) is 30.8 Å². The number of hydrogen-bond donors (Lipinski definition) is 1.